The first-order valence-corrected chi connectivity index (χ1v) is 7.69. The predicted molar refractivity (Wildman–Crippen MR) is 78.5 cm³/mol. The Morgan fingerprint density at radius 1 is 1.42 bits per heavy atom. The summed E-state index contributed by atoms with van der Waals surface area (Å²) in [5.74, 6) is 1.58. The molecule has 1 aliphatic rings. The Bertz CT molecular complexity index is 561. The van der Waals surface area contributed by atoms with E-state index in [1.807, 2.05) is 11.4 Å². The number of nitrogens with one attached hydrogen (secondary N) is 1. The van der Waals surface area contributed by atoms with E-state index in [-0.39, 0.29) is 0 Å². The minimum absolute atomic E-state index is 0.573. The largest absolute Gasteiger partial charge is 0.388 e. The SMILES string of the molecule is CC1CCC(O)(CNc2ncnc3ccsc23)CC1. The summed E-state index contributed by atoms with van der Waals surface area (Å²) in [4.78, 5) is 8.51. The average molecular weight is 277 g/mol. The Balaban J connectivity index is 1.70. The van der Waals surface area contributed by atoms with Crippen LogP contribution in [0.25, 0.3) is 10.2 Å². The number of rotatable bonds is 3. The minimum Gasteiger partial charge on any atom is -0.388 e. The van der Waals surface area contributed by atoms with Crippen LogP contribution in [0, 0.1) is 5.92 Å². The Kier molecular flexibility index (Phi) is 3.41. The molecule has 1 saturated carbocycles. The number of hydrogen-bond donors (Lipinski definition) is 2. The zero-order chi connectivity index (χ0) is 13.3. The summed E-state index contributed by atoms with van der Waals surface area (Å²) in [7, 11) is 0. The quantitative estimate of drug-likeness (QED) is 0.905. The highest BCUT2D eigenvalue weighted by Crippen LogP contribution is 2.32. The van der Waals surface area contributed by atoms with Gasteiger partial charge in [0.2, 0.25) is 0 Å². The predicted octanol–water partition coefficient (Wildman–Crippen LogP) is 3.04. The highest BCUT2D eigenvalue weighted by molar-refractivity contribution is 7.17. The van der Waals surface area contributed by atoms with Crippen LogP contribution in [0.1, 0.15) is 32.6 Å². The van der Waals surface area contributed by atoms with Crippen molar-refractivity contribution >= 4 is 27.4 Å². The van der Waals surface area contributed by atoms with Crippen molar-refractivity contribution in [2.24, 2.45) is 5.92 Å². The van der Waals surface area contributed by atoms with Crippen molar-refractivity contribution in [2.75, 3.05) is 11.9 Å². The van der Waals surface area contributed by atoms with Gasteiger partial charge in [0.25, 0.3) is 0 Å². The van der Waals surface area contributed by atoms with Crippen molar-refractivity contribution in [2.45, 2.75) is 38.2 Å². The van der Waals surface area contributed by atoms with Crippen LogP contribution < -0.4 is 5.32 Å². The van der Waals surface area contributed by atoms with E-state index in [9.17, 15) is 5.11 Å². The first-order valence-electron chi connectivity index (χ1n) is 6.81. The number of anilines is 1. The Labute approximate surface area is 116 Å². The zero-order valence-electron chi connectivity index (χ0n) is 11.1. The van der Waals surface area contributed by atoms with Crippen LogP contribution in [0.4, 0.5) is 5.82 Å². The van der Waals surface area contributed by atoms with Crippen LogP contribution in [0.5, 0.6) is 0 Å². The van der Waals surface area contributed by atoms with Crippen LogP contribution in [0.3, 0.4) is 0 Å². The summed E-state index contributed by atoms with van der Waals surface area (Å²) in [5, 5.41) is 15.9. The maximum absolute atomic E-state index is 10.6. The molecule has 1 fully saturated rings. The van der Waals surface area contributed by atoms with Gasteiger partial charge in [-0.25, -0.2) is 9.97 Å². The molecule has 19 heavy (non-hydrogen) atoms. The molecular formula is C14H19N3OS. The van der Waals surface area contributed by atoms with E-state index < -0.39 is 5.60 Å². The molecule has 1 aliphatic carbocycles. The molecule has 0 spiro atoms. The summed E-state index contributed by atoms with van der Waals surface area (Å²) in [6.07, 6.45) is 5.54. The summed E-state index contributed by atoms with van der Waals surface area (Å²) in [5.41, 5.74) is 0.382. The molecule has 102 valence electrons. The van der Waals surface area contributed by atoms with Gasteiger partial charge in [-0.1, -0.05) is 6.92 Å². The van der Waals surface area contributed by atoms with Crippen molar-refractivity contribution in [3.8, 4) is 0 Å². The number of thiophene rings is 1. The fourth-order valence-corrected chi connectivity index (χ4v) is 3.45. The van der Waals surface area contributed by atoms with E-state index >= 15 is 0 Å². The van der Waals surface area contributed by atoms with E-state index in [1.165, 1.54) is 0 Å². The van der Waals surface area contributed by atoms with Crippen LogP contribution in [0.15, 0.2) is 17.8 Å². The fourth-order valence-electron chi connectivity index (χ4n) is 2.64. The lowest BCUT2D eigenvalue weighted by Crippen LogP contribution is -2.40. The first kappa shape index (κ1) is 12.8. The smallest absolute Gasteiger partial charge is 0.147 e. The summed E-state index contributed by atoms with van der Waals surface area (Å²) in [6, 6.07) is 1.99. The van der Waals surface area contributed by atoms with E-state index in [1.54, 1.807) is 17.7 Å². The molecule has 0 atom stereocenters. The molecule has 3 rings (SSSR count). The summed E-state index contributed by atoms with van der Waals surface area (Å²) < 4.78 is 1.07. The number of aliphatic hydroxyl groups is 1. The molecule has 0 amide bonds. The lowest BCUT2D eigenvalue weighted by Gasteiger charge is -2.35. The summed E-state index contributed by atoms with van der Waals surface area (Å²) >= 11 is 1.63. The second-order valence-corrected chi connectivity index (χ2v) is 6.53. The van der Waals surface area contributed by atoms with Gasteiger partial charge in [0.05, 0.1) is 15.8 Å². The second kappa shape index (κ2) is 5.06. The topological polar surface area (TPSA) is 58.0 Å². The Morgan fingerprint density at radius 2 is 2.21 bits per heavy atom. The van der Waals surface area contributed by atoms with Gasteiger partial charge in [-0.05, 0) is 43.0 Å². The van der Waals surface area contributed by atoms with Crippen molar-refractivity contribution in [1.29, 1.82) is 0 Å². The maximum Gasteiger partial charge on any atom is 0.147 e. The average Bonchev–Trinajstić information content (AvgIpc) is 2.89. The molecule has 0 radical (unpaired) electrons. The third-order valence-electron chi connectivity index (χ3n) is 4.03. The lowest BCUT2D eigenvalue weighted by molar-refractivity contribution is 0.00497. The van der Waals surface area contributed by atoms with Gasteiger partial charge in [0.15, 0.2) is 0 Å². The fraction of sp³-hybridized carbons (Fsp3) is 0.571. The highest BCUT2D eigenvalue weighted by atomic mass is 32.1. The van der Waals surface area contributed by atoms with Crippen molar-refractivity contribution in [3.05, 3.63) is 17.8 Å². The monoisotopic (exact) mass is 277 g/mol. The third-order valence-corrected chi connectivity index (χ3v) is 4.94. The molecule has 2 heterocycles. The van der Waals surface area contributed by atoms with Crippen LogP contribution in [-0.4, -0.2) is 27.2 Å². The van der Waals surface area contributed by atoms with Crippen molar-refractivity contribution in [1.82, 2.24) is 9.97 Å². The molecule has 0 aromatic carbocycles. The molecule has 0 unspecified atom stereocenters. The maximum atomic E-state index is 10.6. The molecule has 0 bridgehead atoms. The number of fused-ring (bicyclic) bond motifs is 1. The highest BCUT2D eigenvalue weighted by Gasteiger charge is 2.31. The van der Waals surface area contributed by atoms with Gasteiger partial charge in [0, 0.05) is 6.54 Å². The minimum atomic E-state index is -0.582. The Hall–Kier alpha value is -1.20. The lowest BCUT2D eigenvalue weighted by atomic mass is 9.79. The van der Waals surface area contributed by atoms with Crippen LogP contribution in [0.2, 0.25) is 0 Å². The number of nitrogens with zero attached hydrogens (tertiary/aromatic N) is 2. The molecule has 2 aromatic rings. The van der Waals surface area contributed by atoms with E-state index in [2.05, 4.69) is 22.2 Å². The van der Waals surface area contributed by atoms with Crippen LogP contribution >= 0.6 is 11.3 Å². The first-order chi connectivity index (χ1) is 9.16. The van der Waals surface area contributed by atoms with E-state index in [0.29, 0.717) is 6.54 Å². The molecule has 2 aromatic heterocycles. The molecular weight excluding hydrogens is 258 g/mol. The Morgan fingerprint density at radius 3 is 3.00 bits per heavy atom. The molecule has 4 nitrogen and oxygen atoms in total. The van der Waals surface area contributed by atoms with Gasteiger partial charge in [-0.15, -0.1) is 11.3 Å². The molecule has 2 N–H and O–H groups in total. The molecule has 0 saturated heterocycles. The van der Waals surface area contributed by atoms with E-state index in [0.717, 1.165) is 47.6 Å². The van der Waals surface area contributed by atoms with Crippen LogP contribution in [-0.2, 0) is 0 Å². The second-order valence-electron chi connectivity index (χ2n) is 5.62. The summed E-state index contributed by atoms with van der Waals surface area (Å²) in [6.45, 7) is 2.83. The van der Waals surface area contributed by atoms with Gasteiger partial charge < -0.3 is 10.4 Å². The number of aromatic nitrogens is 2. The van der Waals surface area contributed by atoms with Gasteiger partial charge in [-0.2, -0.15) is 0 Å². The molecule has 0 aliphatic heterocycles. The van der Waals surface area contributed by atoms with Gasteiger partial charge >= 0.3 is 0 Å². The van der Waals surface area contributed by atoms with E-state index in [4.69, 9.17) is 0 Å². The van der Waals surface area contributed by atoms with Gasteiger partial charge in [0.1, 0.15) is 12.1 Å². The van der Waals surface area contributed by atoms with Gasteiger partial charge in [-0.3, -0.25) is 0 Å². The normalized spacial score (nSPS) is 27.6. The van der Waals surface area contributed by atoms with Crippen molar-refractivity contribution in [3.63, 3.8) is 0 Å². The van der Waals surface area contributed by atoms with Crippen molar-refractivity contribution < 1.29 is 5.11 Å². The zero-order valence-corrected chi connectivity index (χ0v) is 11.9. The molecule has 5 heteroatoms. The third kappa shape index (κ3) is 2.72. The standard InChI is InChI=1S/C14H19N3OS/c1-10-2-5-14(18,6-3-10)8-15-13-12-11(4-7-19-12)16-9-17-13/h4,7,9-10,18H,2-3,5-6,8H2,1H3,(H,15,16,17). The number of hydrogen-bond acceptors (Lipinski definition) is 5.